The minimum Gasteiger partial charge on any atom is -0.105 e. The van der Waals surface area contributed by atoms with Crippen molar-refractivity contribution in [3.05, 3.63) is 0 Å². The Morgan fingerprint density at radius 1 is 1.33 bits per heavy atom. The minimum absolute atomic E-state index is 0.174. The third-order valence-corrected chi connectivity index (χ3v) is 1.72. The van der Waals surface area contributed by atoms with Gasteiger partial charge in [-0.15, -0.1) is 23.2 Å². The molecule has 0 nitrogen and oxygen atoms in total. The van der Waals surface area contributed by atoms with Crippen molar-refractivity contribution in [2.75, 3.05) is 0 Å². The van der Waals surface area contributed by atoms with Gasteiger partial charge in [0.15, 0.2) is 0 Å². The highest BCUT2D eigenvalue weighted by Crippen LogP contribution is 2.18. The molecule has 0 aliphatic carbocycles. The topological polar surface area (TPSA) is 0 Å². The van der Waals surface area contributed by atoms with Gasteiger partial charge in [-0.3, -0.25) is 0 Å². The highest BCUT2D eigenvalue weighted by molar-refractivity contribution is 6.44. The molecule has 0 saturated carbocycles. The van der Waals surface area contributed by atoms with Gasteiger partial charge in [0.1, 0.15) is 4.84 Å². The van der Waals surface area contributed by atoms with Gasteiger partial charge < -0.3 is 0 Å². The average Bonchev–Trinajstić information content (AvgIpc) is 1.63. The lowest BCUT2D eigenvalue weighted by Gasteiger charge is -2.08. The van der Waals surface area contributed by atoms with Crippen LogP contribution >= 0.6 is 23.2 Å². The SMILES string of the molecule is CCCC(C)CC(Cl)Cl. The maximum absolute atomic E-state index is 5.57. The van der Waals surface area contributed by atoms with Crippen LogP contribution < -0.4 is 0 Å². The first-order chi connectivity index (χ1) is 4.16. The predicted molar refractivity (Wildman–Crippen MR) is 44.2 cm³/mol. The number of rotatable bonds is 4. The molecule has 1 unspecified atom stereocenters. The van der Waals surface area contributed by atoms with E-state index in [-0.39, 0.29) is 4.84 Å². The second-order valence-corrected chi connectivity index (χ2v) is 3.80. The van der Waals surface area contributed by atoms with Gasteiger partial charge in [-0.1, -0.05) is 26.7 Å². The van der Waals surface area contributed by atoms with E-state index in [0.29, 0.717) is 5.92 Å². The molecule has 0 aliphatic rings. The van der Waals surface area contributed by atoms with Crippen molar-refractivity contribution in [2.24, 2.45) is 5.92 Å². The second-order valence-electron chi connectivity index (χ2n) is 2.52. The molecule has 1 atom stereocenters. The molecular formula is C7H14Cl2. The summed E-state index contributed by atoms with van der Waals surface area (Å²) in [5.41, 5.74) is 0. The van der Waals surface area contributed by atoms with E-state index in [2.05, 4.69) is 13.8 Å². The van der Waals surface area contributed by atoms with E-state index < -0.39 is 0 Å². The Bertz CT molecular complexity index is 61.9. The quantitative estimate of drug-likeness (QED) is 0.564. The molecule has 2 heteroatoms. The summed E-state index contributed by atoms with van der Waals surface area (Å²) in [4.78, 5) is -0.174. The molecule has 0 N–H and O–H groups in total. The molecule has 9 heavy (non-hydrogen) atoms. The molecule has 0 aliphatic heterocycles. The van der Waals surface area contributed by atoms with E-state index in [1.807, 2.05) is 0 Å². The summed E-state index contributed by atoms with van der Waals surface area (Å²) in [5, 5.41) is 0. The summed E-state index contributed by atoms with van der Waals surface area (Å²) < 4.78 is 0. The van der Waals surface area contributed by atoms with Crippen LogP contribution in [0.4, 0.5) is 0 Å². The van der Waals surface area contributed by atoms with E-state index in [0.717, 1.165) is 6.42 Å². The second kappa shape index (κ2) is 5.37. The van der Waals surface area contributed by atoms with E-state index in [4.69, 9.17) is 23.2 Å². The van der Waals surface area contributed by atoms with Crippen molar-refractivity contribution in [1.82, 2.24) is 0 Å². The van der Waals surface area contributed by atoms with Gasteiger partial charge in [0.2, 0.25) is 0 Å². The molecule has 0 aromatic rings. The van der Waals surface area contributed by atoms with Crippen molar-refractivity contribution < 1.29 is 0 Å². The third-order valence-electron chi connectivity index (χ3n) is 1.36. The number of hydrogen-bond donors (Lipinski definition) is 0. The Hall–Kier alpha value is 0.580. The Morgan fingerprint density at radius 3 is 2.22 bits per heavy atom. The van der Waals surface area contributed by atoms with Gasteiger partial charge in [-0.2, -0.15) is 0 Å². The lowest BCUT2D eigenvalue weighted by molar-refractivity contribution is 0.502. The first-order valence-corrected chi connectivity index (χ1v) is 4.32. The summed E-state index contributed by atoms with van der Waals surface area (Å²) in [6.45, 7) is 4.36. The van der Waals surface area contributed by atoms with E-state index >= 15 is 0 Å². The molecule has 0 amide bonds. The molecule has 0 rings (SSSR count). The first kappa shape index (κ1) is 9.58. The molecular weight excluding hydrogens is 155 g/mol. The van der Waals surface area contributed by atoms with Gasteiger partial charge >= 0.3 is 0 Å². The Balaban J connectivity index is 3.15. The van der Waals surface area contributed by atoms with Crippen LogP contribution in [0.3, 0.4) is 0 Å². The highest BCUT2D eigenvalue weighted by Gasteiger charge is 2.05. The maximum Gasteiger partial charge on any atom is 0.108 e. The molecule has 0 heterocycles. The molecule has 0 radical (unpaired) electrons. The lowest BCUT2D eigenvalue weighted by Crippen LogP contribution is -1.98. The maximum atomic E-state index is 5.57. The fraction of sp³-hybridized carbons (Fsp3) is 1.00. The summed E-state index contributed by atoms with van der Waals surface area (Å²) in [7, 11) is 0. The van der Waals surface area contributed by atoms with E-state index in [9.17, 15) is 0 Å². The van der Waals surface area contributed by atoms with Crippen LogP contribution in [0.15, 0.2) is 0 Å². The Morgan fingerprint density at radius 2 is 1.89 bits per heavy atom. The van der Waals surface area contributed by atoms with Crippen molar-refractivity contribution >= 4 is 23.2 Å². The number of alkyl halides is 2. The summed E-state index contributed by atoms with van der Waals surface area (Å²) in [5.74, 6) is 0.676. The van der Waals surface area contributed by atoms with E-state index in [1.54, 1.807) is 0 Å². The summed E-state index contributed by atoms with van der Waals surface area (Å²) in [6, 6.07) is 0. The third kappa shape index (κ3) is 6.47. The molecule has 56 valence electrons. The van der Waals surface area contributed by atoms with Crippen molar-refractivity contribution in [2.45, 2.75) is 37.9 Å². The molecule has 0 aromatic carbocycles. The van der Waals surface area contributed by atoms with Gasteiger partial charge in [-0.05, 0) is 12.3 Å². The fourth-order valence-corrected chi connectivity index (χ4v) is 1.52. The molecule has 0 spiro atoms. The summed E-state index contributed by atoms with van der Waals surface area (Å²) >= 11 is 11.1. The summed E-state index contributed by atoms with van der Waals surface area (Å²) in [6.07, 6.45) is 3.38. The molecule has 0 aromatic heterocycles. The van der Waals surface area contributed by atoms with Crippen LogP contribution in [-0.4, -0.2) is 4.84 Å². The monoisotopic (exact) mass is 168 g/mol. The Labute approximate surface area is 67.5 Å². The zero-order valence-electron chi connectivity index (χ0n) is 6.03. The van der Waals surface area contributed by atoms with Crippen LogP contribution in [0.1, 0.15) is 33.1 Å². The van der Waals surface area contributed by atoms with Gasteiger partial charge in [0.25, 0.3) is 0 Å². The van der Waals surface area contributed by atoms with Crippen LogP contribution in [0.2, 0.25) is 0 Å². The van der Waals surface area contributed by atoms with Crippen LogP contribution in [0.5, 0.6) is 0 Å². The predicted octanol–water partition coefficient (Wildman–Crippen LogP) is 3.62. The Kier molecular flexibility index (Phi) is 5.72. The molecule has 0 fully saturated rings. The zero-order chi connectivity index (χ0) is 7.28. The number of halogens is 2. The van der Waals surface area contributed by atoms with Gasteiger partial charge in [-0.25, -0.2) is 0 Å². The zero-order valence-corrected chi connectivity index (χ0v) is 7.54. The minimum atomic E-state index is -0.174. The lowest BCUT2D eigenvalue weighted by atomic mass is 10.0. The largest absolute Gasteiger partial charge is 0.108 e. The highest BCUT2D eigenvalue weighted by atomic mass is 35.5. The normalized spacial score (nSPS) is 14.3. The fourth-order valence-electron chi connectivity index (χ4n) is 0.915. The van der Waals surface area contributed by atoms with E-state index in [1.165, 1.54) is 12.8 Å². The first-order valence-electron chi connectivity index (χ1n) is 3.45. The van der Waals surface area contributed by atoms with Gasteiger partial charge in [0, 0.05) is 0 Å². The standard InChI is InChI=1S/C7H14Cl2/c1-3-4-6(2)5-7(8)9/h6-7H,3-5H2,1-2H3. The average molecular weight is 169 g/mol. The van der Waals surface area contributed by atoms with Crippen LogP contribution in [0.25, 0.3) is 0 Å². The number of hydrogen-bond acceptors (Lipinski definition) is 0. The van der Waals surface area contributed by atoms with Crippen LogP contribution in [-0.2, 0) is 0 Å². The smallest absolute Gasteiger partial charge is 0.105 e. The molecule has 0 bridgehead atoms. The van der Waals surface area contributed by atoms with Gasteiger partial charge in [0.05, 0.1) is 0 Å². The van der Waals surface area contributed by atoms with Crippen molar-refractivity contribution in [3.8, 4) is 0 Å². The van der Waals surface area contributed by atoms with Crippen molar-refractivity contribution in [1.29, 1.82) is 0 Å². The molecule has 0 saturated heterocycles. The van der Waals surface area contributed by atoms with Crippen molar-refractivity contribution in [3.63, 3.8) is 0 Å². The van der Waals surface area contributed by atoms with Crippen LogP contribution in [0, 0.1) is 5.92 Å².